The van der Waals surface area contributed by atoms with Crippen LogP contribution in [0.4, 0.5) is 0 Å². The number of fused-ring (bicyclic) bond motifs is 3. The Morgan fingerprint density at radius 3 is 2.39 bits per heavy atom. The van der Waals surface area contributed by atoms with Crippen LogP contribution in [0.25, 0.3) is 5.76 Å². The lowest BCUT2D eigenvalue weighted by Gasteiger charge is -2.55. The number of benzene rings is 1. The number of likely N-dealkylation sites (N-methyl/N-ethyl adjacent to an activating group) is 1. The number of amides is 1. The molecule has 3 aliphatic carbocycles. The average molecular weight is 497 g/mol. The van der Waals surface area contributed by atoms with Crippen LogP contribution in [0.2, 0.25) is 0 Å². The van der Waals surface area contributed by atoms with Crippen molar-refractivity contribution in [1.82, 2.24) is 4.90 Å². The number of hydrogen-bond donors (Lipinski definition) is 5. The summed E-state index contributed by atoms with van der Waals surface area (Å²) < 4.78 is 0. The van der Waals surface area contributed by atoms with E-state index in [1.54, 1.807) is 19.1 Å². The van der Waals surface area contributed by atoms with Crippen LogP contribution in [0.3, 0.4) is 0 Å². The highest BCUT2D eigenvalue weighted by atomic mass is 16.3. The van der Waals surface area contributed by atoms with Crippen molar-refractivity contribution in [2.45, 2.75) is 30.9 Å². The summed E-state index contributed by atoms with van der Waals surface area (Å²) in [5, 5.41) is 44.7. The van der Waals surface area contributed by atoms with Crippen molar-refractivity contribution in [3.05, 3.63) is 58.9 Å². The highest BCUT2D eigenvalue weighted by molar-refractivity contribution is 6.24. The minimum absolute atomic E-state index is 0.00455. The fraction of sp³-hybridized carbons (Fsp3) is 0.385. The summed E-state index contributed by atoms with van der Waals surface area (Å²) in [4.78, 5) is 53.6. The van der Waals surface area contributed by atoms with Crippen LogP contribution in [0, 0.1) is 17.8 Å². The van der Waals surface area contributed by atoms with Crippen molar-refractivity contribution in [3.63, 3.8) is 0 Å². The first-order valence-corrected chi connectivity index (χ1v) is 11.4. The number of phenols is 1. The Morgan fingerprint density at radius 2 is 1.83 bits per heavy atom. The number of aromatic hydroxyl groups is 1. The number of ketones is 3. The Hall–Kier alpha value is -3.76. The fourth-order valence-corrected chi connectivity index (χ4v) is 6.37. The third-order valence-electron chi connectivity index (χ3n) is 7.85. The van der Waals surface area contributed by atoms with E-state index in [2.05, 4.69) is 6.58 Å². The van der Waals surface area contributed by atoms with Crippen LogP contribution < -0.4 is 5.73 Å². The lowest BCUT2D eigenvalue weighted by molar-refractivity contribution is -0.162. The van der Waals surface area contributed by atoms with E-state index in [1.807, 2.05) is 0 Å². The van der Waals surface area contributed by atoms with Gasteiger partial charge in [-0.15, -0.1) is 0 Å². The van der Waals surface area contributed by atoms with Gasteiger partial charge in [0, 0.05) is 23.8 Å². The van der Waals surface area contributed by atoms with Crippen LogP contribution >= 0.6 is 0 Å². The average Bonchev–Trinajstić information content (AvgIpc) is 2.80. The third kappa shape index (κ3) is 3.17. The Labute approximate surface area is 207 Å². The molecule has 1 amide bonds. The molecule has 3 aliphatic rings. The van der Waals surface area contributed by atoms with Crippen LogP contribution in [0.5, 0.6) is 5.75 Å². The number of Topliss-reactive ketones (excluding diaryl/α,β-unsaturated/α-hetero) is 2. The van der Waals surface area contributed by atoms with Gasteiger partial charge in [0.15, 0.2) is 17.2 Å². The minimum atomic E-state index is -2.85. The van der Waals surface area contributed by atoms with E-state index in [4.69, 9.17) is 5.73 Å². The molecule has 190 valence electrons. The number of phenolic OH excluding ortho intramolecular Hbond substituents is 1. The molecule has 4 rings (SSSR count). The number of carbonyl (C=O) groups excluding carboxylic acids is 4. The topological polar surface area (TPSA) is 178 Å². The predicted molar refractivity (Wildman–Crippen MR) is 128 cm³/mol. The summed E-state index contributed by atoms with van der Waals surface area (Å²) >= 11 is 0. The summed E-state index contributed by atoms with van der Waals surface area (Å²) in [6.45, 7) is 5.24. The van der Waals surface area contributed by atoms with Crippen molar-refractivity contribution in [3.8, 4) is 5.75 Å². The second-order valence-electron chi connectivity index (χ2n) is 9.84. The molecule has 0 radical (unpaired) electrons. The number of carbonyl (C=O) groups is 4. The lowest BCUT2D eigenvalue weighted by Crippen LogP contribution is -2.69. The van der Waals surface area contributed by atoms with E-state index in [9.17, 15) is 39.6 Å². The molecule has 0 spiro atoms. The fourth-order valence-electron chi connectivity index (χ4n) is 6.37. The SMILES string of the molecule is C=CC(=O)C[C@H]1[C@H]2C(=C(O)c3c(O)cccc3[C@@H]2C)C(=O)[C@]2(O)C(O)=C(C(N)=O)C(=O)[C@@H](N(C)C)[C@H]12. The Kier molecular flexibility index (Phi) is 5.93. The molecular weight excluding hydrogens is 468 g/mol. The van der Waals surface area contributed by atoms with Gasteiger partial charge in [-0.1, -0.05) is 25.6 Å². The summed E-state index contributed by atoms with van der Waals surface area (Å²) in [5.74, 6) is -9.67. The molecule has 10 nitrogen and oxygen atoms in total. The molecule has 10 heteroatoms. The summed E-state index contributed by atoms with van der Waals surface area (Å²) in [6.07, 6.45) is 0.798. The zero-order valence-corrected chi connectivity index (χ0v) is 20.1. The Balaban J connectivity index is 2.12. The first kappa shape index (κ1) is 25.3. The van der Waals surface area contributed by atoms with Gasteiger partial charge < -0.3 is 26.2 Å². The molecule has 6 N–H and O–H groups in total. The number of hydrogen-bond acceptors (Lipinski definition) is 9. The van der Waals surface area contributed by atoms with Gasteiger partial charge in [0.25, 0.3) is 5.91 Å². The second-order valence-corrected chi connectivity index (χ2v) is 9.84. The van der Waals surface area contributed by atoms with E-state index >= 15 is 0 Å². The molecule has 1 fully saturated rings. The quantitative estimate of drug-likeness (QED) is 0.292. The maximum atomic E-state index is 14.0. The van der Waals surface area contributed by atoms with E-state index in [0.29, 0.717) is 5.56 Å². The smallest absolute Gasteiger partial charge is 0.255 e. The summed E-state index contributed by atoms with van der Waals surface area (Å²) in [6, 6.07) is 3.27. The molecule has 1 aromatic rings. The maximum Gasteiger partial charge on any atom is 0.255 e. The highest BCUT2D eigenvalue weighted by Gasteiger charge is 2.68. The number of nitrogens with zero attached hydrogens (tertiary/aromatic N) is 1. The second kappa shape index (κ2) is 8.42. The molecule has 0 saturated heterocycles. The first-order valence-electron chi connectivity index (χ1n) is 11.4. The predicted octanol–water partition coefficient (Wildman–Crippen LogP) is 0.896. The maximum absolute atomic E-state index is 14.0. The van der Waals surface area contributed by atoms with E-state index in [0.717, 1.165) is 6.08 Å². The number of allylic oxidation sites excluding steroid dienone is 1. The number of aliphatic hydroxyl groups is 3. The van der Waals surface area contributed by atoms with Crippen LogP contribution in [-0.4, -0.2) is 74.3 Å². The molecule has 6 atom stereocenters. The van der Waals surface area contributed by atoms with Gasteiger partial charge in [0.1, 0.15) is 22.8 Å². The molecule has 0 aromatic heterocycles. The minimum Gasteiger partial charge on any atom is -0.508 e. The van der Waals surface area contributed by atoms with Gasteiger partial charge in [-0.2, -0.15) is 0 Å². The lowest BCUT2D eigenvalue weighted by atomic mass is 9.50. The zero-order valence-electron chi connectivity index (χ0n) is 20.1. The molecule has 1 saturated carbocycles. The van der Waals surface area contributed by atoms with Crippen molar-refractivity contribution in [2.75, 3.05) is 14.1 Å². The Morgan fingerprint density at radius 1 is 1.19 bits per heavy atom. The molecule has 0 unspecified atom stereocenters. The van der Waals surface area contributed by atoms with E-state index < -0.39 is 75.7 Å². The molecule has 36 heavy (non-hydrogen) atoms. The van der Waals surface area contributed by atoms with Crippen LogP contribution in [0.1, 0.15) is 30.4 Å². The van der Waals surface area contributed by atoms with Crippen molar-refractivity contribution in [1.29, 1.82) is 0 Å². The van der Waals surface area contributed by atoms with Gasteiger partial charge in [-0.05, 0) is 43.6 Å². The normalized spacial score (nSPS) is 31.6. The first-order chi connectivity index (χ1) is 16.8. The standard InChI is InChI=1S/C26H28N2O8/c1-5-11(29)9-13-15-10(2)12-7-6-8-14(30)16(12)21(31)17(15)23(33)26(36)19(13)20(28(3)4)22(32)18(24(26)34)25(27)35/h5-8,10,13,15,19-20,30-31,34,36H,1,9H2,2-4H3,(H2,27,35)/t10-,13-,15-,19-,20-,26-/m0/s1. The van der Waals surface area contributed by atoms with Crippen LogP contribution in [-0.2, 0) is 19.2 Å². The third-order valence-corrected chi connectivity index (χ3v) is 7.85. The largest absolute Gasteiger partial charge is 0.508 e. The molecule has 0 aliphatic heterocycles. The number of rotatable bonds is 5. The van der Waals surface area contributed by atoms with Crippen molar-refractivity contribution < 1.29 is 39.6 Å². The van der Waals surface area contributed by atoms with Crippen molar-refractivity contribution >= 4 is 29.0 Å². The molecule has 0 heterocycles. The van der Waals surface area contributed by atoms with Gasteiger partial charge in [-0.25, -0.2) is 0 Å². The van der Waals surface area contributed by atoms with E-state index in [1.165, 1.54) is 25.1 Å². The molecule has 1 aromatic carbocycles. The van der Waals surface area contributed by atoms with Crippen molar-refractivity contribution in [2.24, 2.45) is 23.5 Å². The summed E-state index contributed by atoms with van der Waals surface area (Å²) in [5.41, 5.74) is 1.79. The number of nitrogens with two attached hydrogens (primary N) is 1. The van der Waals surface area contributed by atoms with Gasteiger partial charge in [0.05, 0.1) is 11.6 Å². The zero-order chi connectivity index (χ0) is 26.9. The summed E-state index contributed by atoms with van der Waals surface area (Å²) in [7, 11) is 3.00. The van der Waals surface area contributed by atoms with Gasteiger partial charge in [0.2, 0.25) is 5.78 Å². The number of aliphatic hydroxyl groups excluding tert-OH is 2. The Bertz CT molecular complexity index is 1290. The van der Waals surface area contributed by atoms with E-state index in [-0.39, 0.29) is 23.3 Å². The monoisotopic (exact) mass is 496 g/mol. The molecule has 0 bridgehead atoms. The number of primary amides is 1. The molecular formula is C26H28N2O8. The van der Waals surface area contributed by atoms with Gasteiger partial charge >= 0.3 is 0 Å². The van der Waals surface area contributed by atoms with Gasteiger partial charge in [-0.3, -0.25) is 24.1 Å². The highest BCUT2D eigenvalue weighted by Crippen LogP contribution is 2.59. The van der Waals surface area contributed by atoms with Crippen LogP contribution in [0.15, 0.2) is 47.8 Å².